The maximum Gasteiger partial charge on any atom is 0.344 e. The Balaban J connectivity index is 1.64. The molecule has 0 radical (unpaired) electrons. The summed E-state index contributed by atoms with van der Waals surface area (Å²) in [5.41, 5.74) is 1.03. The highest BCUT2D eigenvalue weighted by Gasteiger charge is 2.45. The second-order valence-electron chi connectivity index (χ2n) is 5.22. The van der Waals surface area contributed by atoms with Gasteiger partial charge in [0.2, 0.25) is 0 Å². The molecule has 2 aliphatic rings. The largest absolute Gasteiger partial charge is 0.344 e. The highest BCUT2D eigenvalue weighted by atomic mass is 16.7. The average molecular weight is 275 g/mol. The number of amides is 2. The molecule has 0 aromatic heterocycles. The predicted molar refractivity (Wildman–Crippen MR) is 72.6 cm³/mol. The molecular weight excluding hydrogens is 258 g/mol. The van der Waals surface area contributed by atoms with Crippen molar-refractivity contribution in [3.05, 3.63) is 40.8 Å². The number of urea groups is 1. The van der Waals surface area contributed by atoms with Crippen molar-refractivity contribution < 1.29 is 9.63 Å². The van der Waals surface area contributed by atoms with Crippen molar-refractivity contribution >= 4 is 6.03 Å². The molecule has 0 aliphatic carbocycles. The third-order valence-electron chi connectivity index (χ3n) is 3.95. The van der Waals surface area contributed by atoms with Gasteiger partial charge in [-0.2, -0.15) is 9.97 Å². The lowest BCUT2D eigenvalue weighted by Gasteiger charge is -2.28. The first-order valence-corrected chi connectivity index (χ1v) is 6.85. The number of hydroxylamine groups is 2. The minimum Gasteiger partial charge on any atom is -0.316 e. The summed E-state index contributed by atoms with van der Waals surface area (Å²) in [7, 11) is 0. The van der Waals surface area contributed by atoms with E-state index in [1.165, 1.54) is 5.06 Å². The normalized spacial score (nSPS) is 25.1. The van der Waals surface area contributed by atoms with E-state index in [0.717, 1.165) is 18.4 Å². The number of rotatable bonds is 5. The van der Waals surface area contributed by atoms with Crippen LogP contribution < -0.4 is 0 Å². The minimum absolute atomic E-state index is 0.0680. The molecule has 6 heteroatoms. The van der Waals surface area contributed by atoms with Crippen LogP contribution in [0.25, 0.3) is 0 Å². The number of nitrogens with zero attached hydrogens (tertiary/aromatic N) is 3. The first-order chi connectivity index (χ1) is 9.79. The predicted octanol–water partition coefficient (Wildman–Crippen LogP) is 2.15. The molecule has 3 rings (SSSR count). The molecule has 6 nitrogen and oxygen atoms in total. The number of piperidine rings is 1. The van der Waals surface area contributed by atoms with Gasteiger partial charge in [-0.25, -0.2) is 4.79 Å². The van der Waals surface area contributed by atoms with Crippen molar-refractivity contribution in [1.82, 2.24) is 9.96 Å². The van der Waals surface area contributed by atoms with Gasteiger partial charge >= 0.3 is 6.03 Å². The lowest BCUT2D eigenvalue weighted by Crippen LogP contribution is -2.41. The van der Waals surface area contributed by atoms with E-state index in [1.807, 2.05) is 30.3 Å². The quantitative estimate of drug-likeness (QED) is 0.773. The molecule has 2 aliphatic heterocycles. The van der Waals surface area contributed by atoms with Gasteiger partial charge in [-0.15, -0.1) is 0 Å². The molecule has 2 amide bonds. The van der Waals surface area contributed by atoms with E-state index in [0.29, 0.717) is 13.2 Å². The zero-order valence-corrected chi connectivity index (χ0v) is 11.1. The lowest BCUT2D eigenvalue weighted by atomic mass is 10.0. The zero-order chi connectivity index (χ0) is 13.9. The third-order valence-corrected chi connectivity index (χ3v) is 3.95. The van der Waals surface area contributed by atoms with Gasteiger partial charge in [-0.3, -0.25) is 4.84 Å². The lowest BCUT2D eigenvalue weighted by molar-refractivity contribution is -0.140. The number of carbonyl (C=O) groups excluding carboxylic acids is 1. The Morgan fingerprint density at radius 3 is 2.80 bits per heavy atom. The van der Waals surface area contributed by atoms with Crippen LogP contribution in [-0.4, -0.2) is 41.2 Å². The molecule has 1 aromatic rings. The molecule has 0 saturated carbocycles. The van der Waals surface area contributed by atoms with Crippen molar-refractivity contribution in [3.8, 4) is 0 Å². The van der Waals surface area contributed by atoms with E-state index < -0.39 is 0 Å². The molecule has 106 valence electrons. The number of fused-ring (bicyclic) bond motifs is 2. The molecule has 2 heterocycles. The van der Waals surface area contributed by atoms with Gasteiger partial charge in [0.05, 0.1) is 12.1 Å². The summed E-state index contributed by atoms with van der Waals surface area (Å²) in [6, 6.07) is 9.64. The van der Waals surface area contributed by atoms with Gasteiger partial charge < -0.3 is 4.90 Å². The number of benzene rings is 1. The van der Waals surface area contributed by atoms with Gasteiger partial charge in [0, 0.05) is 6.54 Å². The van der Waals surface area contributed by atoms with Crippen LogP contribution in [0.15, 0.2) is 35.5 Å². The fraction of sp³-hybridized carbons (Fsp3) is 0.500. The molecule has 2 fully saturated rings. The second kappa shape index (κ2) is 5.58. The van der Waals surface area contributed by atoms with Crippen LogP contribution in [0.3, 0.4) is 0 Å². The first-order valence-electron chi connectivity index (χ1n) is 6.85. The zero-order valence-electron chi connectivity index (χ0n) is 11.1. The summed E-state index contributed by atoms with van der Waals surface area (Å²) < 4.78 is 0. The SMILES string of the molecule is O=NC[C@@H]1CC[C@@H]2CN1C(=O)N2OCc1ccccc1. The summed E-state index contributed by atoms with van der Waals surface area (Å²) in [4.78, 5) is 30.1. The number of nitroso groups, excluding NO2 is 1. The monoisotopic (exact) mass is 275 g/mol. The first kappa shape index (κ1) is 13.1. The Bertz CT molecular complexity index is 494. The second-order valence-corrected chi connectivity index (χ2v) is 5.22. The smallest absolute Gasteiger partial charge is 0.316 e. The highest BCUT2D eigenvalue weighted by Crippen LogP contribution is 2.30. The fourth-order valence-corrected chi connectivity index (χ4v) is 2.87. The number of hydrogen-bond donors (Lipinski definition) is 0. The maximum absolute atomic E-state index is 12.3. The Labute approximate surface area is 117 Å². The molecule has 2 bridgehead atoms. The maximum atomic E-state index is 12.3. The Morgan fingerprint density at radius 1 is 1.25 bits per heavy atom. The van der Waals surface area contributed by atoms with E-state index in [2.05, 4.69) is 5.18 Å². The molecule has 1 aromatic carbocycles. The molecule has 0 N–H and O–H groups in total. The van der Waals surface area contributed by atoms with Crippen LogP contribution >= 0.6 is 0 Å². The molecular formula is C14H17N3O3. The summed E-state index contributed by atoms with van der Waals surface area (Å²) >= 11 is 0. The van der Waals surface area contributed by atoms with E-state index in [9.17, 15) is 9.70 Å². The summed E-state index contributed by atoms with van der Waals surface area (Å²) in [6.45, 7) is 1.19. The van der Waals surface area contributed by atoms with E-state index >= 15 is 0 Å². The molecule has 20 heavy (non-hydrogen) atoms. The third kappa shape index (κ3) is 2.38. The molecule has 2 atom stereocenters. The Kier molecular flexibility index (Phi) is 3.64. The van der Waals surface area contributed by atoms with Gasteiger partial charge in [0.25, 0.3) is 0 Å². The van der Waals surface area contributed by atoms with Crippen molar-refractivity contribution in [3.63, 3.8) is 0 Å². The van der Waals surface area contributed by atoms with Crippen LogP contribution in [-0.2, 0) is 11.4 Å². The van der Waals surface area contributed by atoms with Crippen LogP contribution in [0.5, 0.6) is 0 Å². The fourth-order valence-electron chi connectivity index (χ4n) is 2.87. The van der Waals surface area contributed by atoms with Crippen LogP contribution in [0.1, 0.15) is 18.4 Å². The summed E-state index contributed by atoms with van der Waals surface area (Å²) in [5, 5.41) is 4.40. The van der Waals surface area contributed by atoms with Crippen molar-refractivity contribution in [2.24, 2.45) is 5.18 Å². The number of carbonyl (C=O) groups is 1. The van der Waals surface area contributed by atoms with Gasteiger partial charge in [0.1, 0.15) is 13.2 Å². The van der Waals surface area contributed by atoms with Crippen molar-refractivity contribution in [1.29, 1.82) is 0 Å². The van der Waals surface area contributed by atoms with Crippen LogP contribution in [0, 0.1) is 4.91 Å². The summed E-state index contributed by atoms with van der Waals surface area (Å²) in [5.74, 6) is 0. The topological polar surface area (TPSA) is 62.2 Å². The van der Waals surface area contributed by atoms with Gasteiger partial charge in [0.15, 0.2) is 0 Å². The Morgan fingerprint density at radius 2 is 2.05 bits per heavy atom. The van der Waals surface area contributed by atoms with Crippen molar-refractivity contribution in [2.45, 2.75) is 31.5 Å². The van der Waals surface area contributed by atoms with Gasteiger partial charge in [-0.05, 0) is 18.4 Å². The standard InChI is InChI=1S/C14H17N3O3/c18-14-16-9-13(7-6-12(16)8-15-19)17(14)20-10-11-4-2-1-3-5-11/h1-5,12-13H,6-10H2/t12-,13+/m0/s1. The van der Waals surface area contributed by atoms with Gasteiger partial charge in [-0.1, -0.05) is 35.5 Å². The molecule has 0 unspecified atom stereocenters. The molecule has 2 saturated heterocycles. The number of hydrogen-bond acceptors (Lipinski definition) is 4. The van der Waals surface area contributed by atoms with E-state index in [1.54, 1.807) is 4.90 Å². The molecule has 0 spiro atoms. The van der Waals surface area contributed by atoms with Crippen molar-refractivity contribution in [2.75, 3.05) is 13.1 Å². The van der Waals surface area contributed by atoms with E-state index in [-0.39, 0.29) is 24.7 Å². The van der Waals surface area contributed by atoms with Crippen LogP contribution in [0.2, 0.25) is 0 Å². The Hall–Kier alpha value is -1.95. The summed E-state index contributed by atoms with van der Waals surface area (Å²) in [6.07, 6.45) is 1.67. The van der Waals surface area contributed by atoms with E-state index in [4.69, 9.17) is 4.84 Å². The average Bonchev–Trinajstić information content (AvgIpc) is 2.73. The van der Waals surface area contributed by atoms with Crippen LogP contribution in [0.4, 0.5) is 4.79 Å². The highest BCUT2D eigenvalue weighted by molar-refractivity contribution is 5.77. The minimum atomic E-state index is -0.142.